The van der Waals surface area contributed by atoms with Crippen molar-refractivity contribution in [3.8, 4) is 0 Å². The summed E-state index contributed by atoms with van der Waals surface area (Å²) in [6.45, 7) is 0.678. The van der Waals surface area contributed by atoms with E-state index in [4.69, 9.17) is 17.3 Å². The first kappa shape index (κ1) is 17.4. The van der Waals surface area contributed by atoms with Crippen LogP contribution in [0.15, 0.2) is 78.2 Å². The van der Waals surface area contributed by atoms with E-state index in [2.05, 4.69) is 0 Å². The monoisotopic (exact) mass is 343 g/mol. The van der Waals surface area contributed by atoms with Gasteiger partial charge >= 0.3 is 0 Å². The minimum atomic E-state index is -0.371. The van der Waals surface area contributed by atoms with Crippen molar-refractivity contribution in [1.29, 1.82) is 0 Å². The average Bonchev–Trinajstić information content (AvgIpc) is 3.11. The summed E-state index contributed by atoms with van der Waals surface area (Å²) in [5.41, 5.74) is 7.15. The predicted octanol–water partition coefficient (Wildman–Crippen LogP) is 4.79. The summed E-state index contributed by atoms with van der Waals surface area (Å²) < 4.78 is 0. The van der Waals surface area contributed by atoms with E-state index in [1.54, 1.807) is 11.3 Å². The van der Waals surface area contributed by atoms with Gasteiger partial charge in [-0.2, -0.15) is 0 Å². The lowest BCUT2D eigenvalue weighted by Gasteiger charge is -2.12. The molecule has 118 valence electrons. The molecule has 0 aliphatic carbocycles. The van der Waals surface area contributed by atoms with Gasteiger partial charge in [0.25, 0.3) is 0 Å². The molecule has 0 saturated carbocycles. The normalized spacial score (nSPS) is 10.0. The summed E-state index contributed by atoms with van der Waals surface area (Å²) in [6, 6.07) is 23.2. The van der Waals surface area contributed by atoms with E-state index in [0.29, 0.717) is 6.54 Å². The SMILES string of the molecule is NCc1cccs1.O=C(Cl)C(c1ccccc1)c1ccccc1. The van der Waals surface area contributed by atoms with Crippen LogP contribution in [-0.2, 0) is 11.3 Å². The first-order valence-electron chi connectivity index (χ1n) is 7.24. The predicted molar refractivity (Wildman–Crippen MR) is 97.8 cm³/mol. The van der Waals surface area contributed by atoms with Crippen molar-refractivity contribution in [2.75, 3.05) is 0 Å². The second-order valence-electron chi connectivity index (χ2n) is 4.84. The number of rotatable bonds is 4. The fourth-order valence-electron chi connectivity index (χ4n) is 2.17. The maximum Gasteiger partial charge on any atom is 0.233 e. The second kappa shape index (κ2) is 9.26. The molecule has 1 aromatic heterocycles. The second-order valence-corrected chi connectivity index (χ2v) is 6.25. The largest absolute Gasteiger partial charge is 0.326 e. The van der Waals surface area contributed by atoms with Gasteiger partial charge in [0.1, 0.15) is 0 Å². The van der Waals surface area contributed by atoms with E-state index in [0.717, 1.165) is 11.1 Å². The molecule has 2 nitrogen and oxygen atoms in total. The third kappa shape index (κ3) is 5.32. The lowest BCUT2D eigenvalue weighted by atomic mass is 9.93. The van der Waals surface area contributed by atoms with Gasteiger partial charge in [-0.3, -0.25) is 4.79 Å². The Morgan fingerprint density at radius 3 is 1.74 bits per heavy atom. The topological polar surface area (TPSA) is 43.1 Å². The first-order chi connectivity index (χ1) is 11.2. The van der Waals surface area contributed by atoms with Gasteiger partial charge in [0.2, 0.25) is 5.24 Å². The number of carbonyl (C=O) groups excluding carboxylic acids is 1. The fraction of sp³-hybridized carbons (Fsp3) is 0.105. The van der Waals surface area contributed by atoms with Crippen LogP contribution in [0.25, 0.3) is 0 Å². The number of halogens is 1. The number of hydrogen-bond donors (Lipinski definition) is 1. The molecule has 0 unspecified atom stereocenters. The van der Waals surface area contributed by atoms with Crippen LogP contribution in [0.1, 0.15) is 21.9 Å². The van der Waals surface area contributed by atoms with Crippen molar-refractivity contribution < 1.29 is 4.79 Å². The minimum absolute atomic E-state index is 0.350. The van der Waals surface area contributed by atoms with Crippen LogP contribution in [0.4, 0.5) is 0 Å². The van der Waals surface area contributed by atoms with Gasteiger partial charge < -0.3 is 5.73 Å². The van der Waals surface area contributed by atoms with E-state index in [-0.39, 0.29) is 11.2 Å². The highest BCUT2D eigenvalue weighted by atomic mass is 35.5. The van der Waals surface area contributed by atoms with Crippen molar-refractivity contribution >= 4 is 28.2 Å². The van der Waals surface area contributed by atoms with Crippen LogP contribution in [0.5, 0.6) is 0 Å². The van der Waals surface area contributed by atoms with Gasteiger partial charge in [-0.25, -0.2) is 0 Å². The smallest absolute Gasteiger partial charge is 0.233 e. The van der Waals surface area contributed by atoms with Crippen molar-refractivity contribution in [2.45, 2.75) is 12.5 Å². The molecule has 0 atom stereocenters. The molecule has 0 fully saturated rings. The molecule has 3 aromatic rings. The molecule has 3 rings (SSSR count). The Balaban J connectivity index is 0.000000229. The highest BCUT2D eigenvalue weighted by Crippen LogP contribution is 2.26. The van der Waals surface area contributed by atoms with Gasteiger partial charge in [0.15, 0.2) is 0 Å². The molecular formula is C19H18ClNOS. The Morgan fingerprint density at radius 2 is 1.43 bits per heavy atom. The van der Waals surface area contributed by atoms with E-state index in [1.165, 1.54) is 4.88 Å². The molecule has 0 aliphatic heterocycles. The van der Waals surface area contributed by atoms with Gasteiger partial charge in [0.05, 0.1) is 5.92 Å². The summed E-state index contributed by atoms with van der Waals surface area (Å²) in [5, 5.41) is 1.68. The summed E-state index contributed by atoms with van der Waals surface area (Å²) in [4.78, 5) is 12.8. The molecule has 0 radical (unpaired) electrons. The zero-order valence-corrected chi connectivity index (χ0v) is 14.1. The molecule has 2 aromatic carbocycles. The van der Waals surface area contributed by atoms with E-state index >= 15 is 0 Å². The maximum atomic E-state index is 11.5. The third-order valence-electron chi connectivity index (χ3n) is 3.27. The van der Waals surface area contributed by atoms with Crippen LogP contribution < -0.4 is 5.73 Å². The van der Waals surface area contributed by atoms with Crippen LogP contribution in [-0.4, -0.2) is 5.24 Å². The zero-order valence-electron chi connectivity index (χ0n) is 12.6. The molecular weight excluding hydrogens is 326 g/mol. The molecule has 4 heteroatoms. The molecule has 2 N–H and O–H groups in total. The Labute approximate surface area is 145 Å². The number of nitrogens with two attached hydrogens (primary N) is 1. The lowest BCUT2D eigenvalue weighted by Crippen LogP contribution is -2.08. The minimum Gasteiger partial charge on any atom is -0.326 e. The fourth-order valence-corrected chi connectivity index (χ4v) is 3.01. The molecule has 0 aliphatic rings. The summed E-state index contributed by atoms with van der Waals surface area (Å²) in [5.74, 6) is -0.371. The molecule has 23 heavy (non-hydrogen) atoms. The molecule has 0 bridgehead atoms. The van der Waals surface area contributed by atoms with Crippen molar-refractivity contribution in [3.63, 3.8) is 0 Å². The maximum absolute atomic E-state index is 11.5. The summed E-state index contributed by atoms with van der Waals surface area (Å²) in [6.07, 6.45) is 0. The molecule has 0 saturated heterocycles. The Morgan fingerprint density at radius 1 is 0.913 bits per heavy atom. The van der Waals surface area contributed by atoms with Crippen molar-refractivity contribution in [1.82, 2.24) is 0 Å². The highest BCUT2D eigenvalue weighted by Gasteiger charge is 2.19. The molecule has 0 amide bonds. The molecule has 0 spiro atoms. The van der Waals surface area contributed by atoms with Crippen molar-refractivity contribution in [3.05, 3.63) is 94.2 Å². The lowest BCUT2D eigenvalue weighted by molar-refractivity contribution is -0.112. The number of carbonyl (C=O) groups is 1. The van der Waals surface area contributed by atoms with Crippen LogP contribution in [0.2, 0.25) is 0 Å². The van der Waals surface area contributed by atoms with Crippen LogP contribution in [0, 0.1) is 0 Å². The summed E-state index contributed by atoms with van der Waals surface area (Å²) >= 11 is 7.37. The Hall–Kier alpha value is -1.94. The van der Waals surface area contributed by atoms with Crippen LogP contribution >= 0.6 is 22.9 Å². The molecule has 1 heterocycles. The van der Waals surface area contributed by atoms with E-state index in [1.807, 2.05) is 78.2 Å². The Bertz CT molecular complexity index is 659. The van der Waals surface area contributed by atoms with Crippen LogP contribution in [0.3, 0.4) is 0 Å². The Kier molecular flexibility index (Phi) is 7.01. The first-order valence-corrected chi connectivity index (χ1v) is 8.50. The average molecular weight is 344 g/mol. The quantitative estimate of drug-likeness (QED) is 0.692. The standard InChI is InChI=1S/C14H11ClO.C5H7NS/c15-14(16)13(11-7-3-1-4-8-11)12-9-5-2-6-10-12;6-4-5-2-1-3-7-5/h1-10,13H;1-3H,4,6H2. The van der Waals surface area contributed by atoms with Gasteiger partial charge in [0, 0.05) is 11.4 Å². The van der Waals surface area contributed by atoms with Gasteiger partial charge in [-0.1, -0.05) is 66.7 Å². The number of thiophene rings is 1. The number of benzene rings is 2. The zero-order chi connectivity index (χ0) is 16.5. The highest BCUT2D eigenvalue weighted by molar-refractivity contribution is 7.09. The number of hydrogen-bond acceptors (Lipinski definition) is 3. The van der Waals surface area contributed by atoms with Gasteiger partial charge in [-0.05, 0) is 34.2 Å². The summed E-state index contributed by atoms with van der Waals surface area (Å²) in [7, 11) is 0. The van der Waals surface area contributed by atoms with E-state index in [9.17, 15) is 4.79 Å². The van der Waals surface area contributed by atoms with Crippen molar-refractivity contribution in [2.24, 2.45) is 5.73 Å². The van der Waals surface area contributed by atoms with E-state index < -0.39 is 0 Å². The van der Waals surface area contributed by atoms with Gasteiger partial charge in [-0.15, -0.1) is 11.3 Å². The third-order valence-corrected chi connectivity index (χ3v) is 4.39.